The minimum atomic E-state index is -4.27. The zero-order valence-corrected chi connectivity index (χ0v) is 18.4. The molecule has 29 heavy (non-hydrogen) atoms. The summed E-state index contributed by atoms with van der Waals surface area (Å²) < 4.78 is 38.6. The number of aliphatic imine (C=N–C) groups is 1. The summed E-state index contributed by atoms with van der Waals surface area (Å²) in [6, 6.07) is 9.51. The topological polar surface area (TPSA) is 85.0 Å². The monoisotopic (exact) mass is 423 g/mol. The Bertz CT molecular complexity index is 775. The van der Waals surface area contributed by atoms with Gasteiger partial charge < -0.3 is 9.29 Å². The third kappa shape index (κ3) is 9.65. The molecule has 0 unspecified atom stereocenters. The normalized spacial score (nSPS) is 18.3. The Labute approximate surface area is 174 Å². The van der Waals surface area contributed by atoms with Crippen molar-refractivity contribution < 1.29 is 22.3 Å². The molecule has 1 saturated carbocycles. The van der Waals surface area contributed by atoms with Gasteiger partial charge in [0.1, 0.15) is 16.7 Å². The van der Waals surface area contributed by atoms with E-state index in [1.165, 1.54) is 44.2 Å². The van der Waals surface area contributed by atoms with Gasteiger partial charge in [0.2, 0.25) is 0 Å². The smallest absolute Gasteiger partial charge is 0.306 e. The van der Waals surface area contributed by atoms with E-state index in [0.717, 1.165) is 45.0 Å². The zero-order chi connectivity index (χ0) is 21.1. The quantitative estimate of drug-likeness (QED) is 0.412. The first-order valence-electron chi connectivity index (χ1n) is 10.3. The molecule has 1 aromatic carbocycles. The molecular formula is C21H33N3O4S. The van der Waals surface area contributed by atoms with Crippen LogP contribution in [0.3, 0.4) is 0 Å². The van der Waals surface area contributed by atoms with Crippen LogP contribution in [0, 0.1) is 6.92 Å². The number of likely N-dealkylation sites (N-methyl/N-ethyl adjacent to an activating group) is 1. The van der Waals surface area contributed by atoms with E-state index >= 15 is 0 Å². The van der Waals surface area contributed by atoms with Gasteiger partial charge in [-0.15, -0.1) is 0 Å². The van der Waals surface area contributed by atoms with Crippen molar-refractivity contribution in [1.82, 2.24) is 4.90 Å². The van der Waals surface area contributed by atoms with Crippen LogP contribution in [0.4, 0.5) is 0 Å². The largest absolute Gasteiger partial charge is 0.744 e. The molecule has 1 aromatic rings. The summed E-state index contributed by atoms with van der Waals surface area (Å²) in [5, 5.41) is 0. The third-order valence-corrected chi connectivity index (χ3v) is 6.00. The van der Waals surface area contributed by atoms with Crippen LogP contribution in [-0.2, 0) is 14.9 Å². The van der Waals surface area contributed by atoms with E-state index in [4.69, 9.17) is 4.74 Å². The Kier molecular flexibility index (Phi) is 9.97. The maximum Gasteiger partial charge on any atom is 0.306 e. The van der Waals surface area contributed by atoms with E-state index in [1.807, 2.05) is 6.92 Å². The highest BCUT2D eigenvalue weighted by molar-refractivity contribution is 7.85. The van der Waals surface area contributed by atoms with Crippen molar-refractivity contribution in [2.45, 2.75) is 50.0 Å². The van der Waals surface area contributed by atoms with Crippen LogP contribution < -0.4 is 0 Å². The summed E-state index contributed by atoms with van der Waals surface area (Å²) in [7, 11) is -2.19. The van der Waals surface area contributed by atoms with Crippen molar-refractivity contribution >= 4 is 16.1 Å². The van der Waals surface area contributed by atoms with Gasteiger partial charge in [0.05, 0.1) is 25.2 Å². The molecule has 1 saturated heterocycles. The Morgan fingerprint density at radius 1 is 1.17 bits per heavy atom. The lowest BCUT2D eigenvalue weighted by atomic mass is 9.96. The molecule has 0 radical (unpaired) electrons. The molecule has 0 bridgehead atoms. The maximum absolute atomic E-state index is 10.4. The van der Waals surface area contributed by atoms with Crippen LogP contribution in [0.25, 0.3) is 0 Å². The molecule has 0 aromatic heterocycles. The van der Waals surface area contributed by atoms with Crippen molar-refractivity contribution in [2.24, 2.45) is 4.99 Å². The van der Waals surface area contributed by atoms with Gasteiger partial charge in [-0.2, -0.15) is 0 Å². The Morgan fingerprint density at radius 3 is 2.38 bits per heavy atom. The van der Waals surface area contributed by atoms with Crippen LogP contribution in [0.1, 0.15) is 37.7 Å². The lowest BCUT2D eigenvalue weighted by Crippen LogP contribution is -2.39. The molecule has 7 nitrogen and oxygen atoms in total. The third-order valence-electron chi connectivity index (χ3n) is 5.15. The molecule has 8 heteroatoms. The molecule has 3 rings (SSSR count). The molecule has 2 fully saturated rings. The van der Waals surface area contributed by atoms with E-state index in [2.05, 4.69) is 27.5 Å². The van der Waals surface area contributed by atoms with Gasteiger partial charge in [0, 0.05) is 19.6 Å². The van der Waals surface area contributed by atoms with Crippen LogP contribution in [0.15, 0.2) is 34.2 Å². The fraction of sp³-hybridized carbons (Fsp3) is 0.667. The SMILES string of the molecule is C[N+](=C=NC1CCCCC1)CCN1CCOCC1.Cc1ccc(S(=O)(=O)[O-])cc1. The zero-order valence-electron chi connectivity index (χ0n) is 17.5. The Morgan fingerprint density at radius 2 is 1.79 bits per heavy atom. The van der Waals surface area contributed by atoms with E-state index in [1.54, 1.807) is 12.1 Å². The van der Waals surface area contributed by atoms with E-state index in [0.29, 0.717) is 6.04 Å². The first-order valence-corrected chi connectivity index (χ1v) is 11.7. The molecule has 1 heterocycles. The van der Waals surface area contributed by atoms with Crippen molar-refractivity contribution in [2.75, 3.05) is 46.4 Å². The van der Waals surface area contributed by atoms with Crippen LogP contribution in [-0.4, -0.2) is 80.9 Å². The van der Waals surface area contributed by atoms with Crippen molar-refractivity contribution in [1.29, 1.82) is 0 Å². The highest BCUT2D eigenvalue weighted by Crippen LogP contribution is 2.19. The summed E-state index contributed by atoms with van der Waals surface area (Å²) in [6.07, 6.45) is 6.58. The molecule has 2 aliphatic rings. The number of rotatable bonds is 5. The van der Waals surface area contributed by atoms with Gasteiger partial charge in [-0.05, 0) is 49.7 Å². The lowest BCUT2D eigenvalue weighted by Gasteiger charge is -2.25. The van der Waals surface area contributed by atoms with E-state index in [-0.39, 0.29) is 4.90 Å². The molecule has 162 valence electrons. The summed E-state index contributed by atoms with van der Waals surface area (Å²) in [4.78, 5) is 6.85. The van der Waals surface area contributed by atoms with Crippen LogP contribution >= 0.6 is 0 Å². The number of nitrogens with zero attached hydrogens (tertiary/aromatic N) is 3. The average Bonchev–Trinajstić information content (AvgIpc) is 2.72. The molecule has 0 spiro atoms. The molecule has 0 atom stereocenters. The fourth-order valence-electron chi connectivity index (χ4n) is 3.26. The molecular weight excluding hydrogens is 390 g/mol. The van der Waals surface area contributed by atoms with Gasteiger partial charge in [-0.3, -0.25) is 4.90 Å². The maximum atomic E-state index is 10.4. The number of ether oxygens (including phenoxy) is 1. The number of hydrogen-bond donors (Lipinski definition) is 0. The van der Waals surface area contributed by atoms with Crippen molar-refractivity contribution in [3.8, 4) is 0 Å². The number of aryl methyl sites for hydroxylation is 1. The highest BCUT2D eigenvalue weighted by Gasteiger charge is 2.16. The van der Waals surface area contributed by atoms with Gasteiger partial charge in [0.25, 0.3) is 0 Å². The number of morpholine rings is 1. The standard InChI is InChI=1S/C14H26N3O.C7H8O3S/c1-16(7-8-17-9-11-18-12-10-17)13-15-14-5-3-2-4-6-14;1-6-2-4-7(5-3-6)11(8,9)10/h14H,2-12H2,1H3;2-5H,1H3,(H,8,9,10)/q+1;/p-1. The van der Waals surface area contributed by atoms with Gasteiger partial charge in [-0.1, -0.05) is 24.1 Å². The molecule has 1 aliphatic heterocycles. The van der Waals surface area contributed by atoms with Crippen molar-refractivity contribution in [3.05, 3.63) is 29.8 Å². The minimum Gasteiger partial charge on any atom is -0.744 e. The van der Waals surface area contributed by atoms with Gasteiger partial charge in [-0.25, -0.2) is 13.0 Å². The predicted octanol–water partition coefficient (Wildman–Crippen LogP) is 2.37. The van der Waals surface area contributed by atoms with Crippen molar-refractivity contribution in [3.63, 3.8) is 0 Å². The number of benzene rings is 1. The molecule has 0 N–H and O–H groups in total. The predicted molar refractivity (Wildman–Crippen MR) is 112 cm³/mol. The lowest BCUT2D eigenvalue weighted by molar-refractivity contribution is -0.491. The summed E-state index contributed by atoms with van der Waals surface area (Å²) in [5.41, 5.74) is 0.928. The highest BCUT2D eigenvalue weighted by atomic mass is 32.2. The Hall–Kier alpha value is -1.57. The second-order valence-corrected chi connectivity index (χ2v) is 9.04. The first kappa shape index (κ1) is 23.7. The van der Waals surface area contributed by atoms with Gasteiger partial charge in [0.15, 0.2) is 6.04 Å². The number of hydrogen-bond acceptors (Lipinski definition) is 6. The van der Waals surface area contributed by atoms with E-state index < -0.39 is 10.1 Å². The summed E-state index contributed by atoms with van der Waals surface area (Å²) >= 11 is 0. The van der Waals surface area contributed by atoms with Gasteiger partial charge >= 0.3 is 6.01 Å². The molecule has 0 amide bonds. The second kappa shape index (κ2) is 12.2. The van der Waals surface area contributed by atoms with E-state index in [9.17, 15) is 13.0 Å². The summed E-state index contributed by atoms with van der Waals surface area (Å²) in [6.45, 7) is 7.80. The average molecular weight is 424 g/mol. The summed E-state index contributed by atoms with van der Waals surface area (Å²) in [5.74, 6) is 0. The second-order valence-electron chi connectivity index (χ2n) is 7.66. The molecule has 1 aliphatic carbocycles. The fourth-order valence-corrected chi connectivity index (χ4v) is 3.73. The minimum absolute atomic E-state index is 0.178. The van der Waals surface area contributed by atoms with Crippen LogP contribution in [0.2, 0.25) is 0 Å². The van der Waals surface area contributed by atoms with Crippen LogP contribution in [0.5, 0.6) is 0 Å². The Balaban J connectivity index is 0.000000234. The first-order chi connectivity index (χ1) is 13.8.